The number of benzene rings is 2. The Morgan fingerprint density at radius 1 is 1.00 bits per heavy atom. The Morgan fingerprint density at radius 2 is 1.67 bits per heavy atom. The molecule has 156 valence electrons. The van der Waals surface area contributed by atoms with Gasteiger partial charge in [0.25, 0.3) is 5.69 Å². The minimum Gasteiger partial charge on any atom is -0.368 e. The highest BCUT2D eigenvalue weighted by Crippen LogP contribution is 2.28. The molecule has 2 aliphatic rings. The average molecular weight is 408 g/mol. The van der Waals surface area contributed by atoms with Crippen LogP contribution >= 0.6 is 0 Å². The molecule has 0 unspecified atom stereocenters. The Kier molecular flexibility index (Phi) is 5.65. The molecule has 30 heavy (non-hydrogen) atoms. The van der Waals surface area contributed by atoms with E-state index in [0.29, 0.717) is 39.1 Å². The van der Waals surface area contributed by atoms with Crippen LogP contribution in [0.2, 0.25) is 0 Å². The lowest BCUT2D eigenvalue weighted by Crippen LogP contribution is -2.51. The maximum atomic E-state index is 12.7. The third-order valence-electron chi connectivity index (χ3n) is 5.87. The number of carbonyl (C=O) groups excluding carboxylic acids is 2. The maximum absolute atomic E-state index is 12.7. The SMILES string of the molecule is O=C(CN1C[C@@H](c2ccccc2)CC1=O)N1CCN(c2ccc([N+](=O)[O-])cc2)CC1. The fourth-order valence-electron chi connectivity index (χ4n) is 4.14. The van der Waals surface area contributed by atoms with E-state index in [-0.39, 0.29) is 30.0 Å². The van der Waals surface area contributed by atoms with Gasteiger partial charge in [0.15, 0.2) is 0 Å². The van der Waals surface area contributed by atoms with Gasteiger partial charge in [-0.2, -0.15) is 0 Å². The van der Waals surface area contributed by atoms with Crippen LogP contribution < -0.4 is 4.90 Å². The Balaban J connectivity index is 1.29. The minimum atomic E-state index is -0.414. The van der Waals surface area contributed by atoms with Gasteiger partial charge < -0.3 is 14.7 Å². The summed E-state index contributed by atoms with van der Waals surface area (Å²) < 4.78 is 0. The third-order valence-corrected chi connectivity index (χ3v) is 5.87. The van der Waals surface area contributed by atoms with E-state index in [1.807, 2.05) is 30.3 Å². The molecule has 2 aliphatic heterocycles. The number of piperazine rings is 1. The van der Waals surface area contributed by atoms with Gasteiger partial charge in [0, 0.05) is 62.9 Å². The summed E-state index contributed by atoms with van der Waals surface area (Å²) in [4.78, 5) is 41.1. The van der Waals surface area contributed by atoms with Crippen molar-refractivity contribution in [1.82, 2.24) is 9.80 Å². The number of carbonyl (C=O) groups is 2. The van der Waals surface area contributed by atoms with Gasteiger partial charge in [-0.3, -0.25) is 19.7 Å². The number of nitrogens with zero attached hydrogens (tertiary/aromatic N) is 4. The van der Waals surface area contributed by atoms with Gasteiger partial charge in [0.2, 0.25) is 11.8 Å². The molecule has 2 heterocycles. The highest BCUT2D eigenvalue weighted by Gasteiger charge is 2.33. The number of non-ortho nitro benzene ring substituents is 1. The molecule has 0 aromatic heterocycles. The summed E-state index contributed by atoms with van der Waals surface area (Å²) in [6.07, 6.45) is 0.450. The number of likely N-dealkylation sites (tertiary alicyclic amines) is 1. The predicted octanol–water partition coefficient (Wildman–Crippen LogP) is 2.26. The molecular formula is C22H24N4O4. The van der Waals surface area contributed by atoms with E-state index in [9.17, 15) is 19.7 Å². The number of nitro benzene ring substituents is 1. The fourth-order valence-corrected chi connectivity index (χ4v) is 4.14. The quantitative estimate of drug-likeness (QED) is 0.559. The fraction of sp³-hybridized carbons (Fsp3) is 0.364. The summed E-state index contributed by atoms with van der Waals surface area (Å²) in [5.74, 6) is 0.146. The summed E-state index contributed by atoms with van der Waals surface area (Å²) in [5.41, 5.74) is 2.11. The van der Waals surface area contributed by atoms with Crippen LogP contribution in [0.15, 0.2) is 54.6 Å². The molecule has 0 N–H and O–H groups in total. The van der Waals surface area contributed by atoms with E-state index in [1.165, 1.54) is 12.1 Å². The van der Waals surface area contributed by atoms with Crippen LogP contribution in [0.5, 0.6) is 0 Å². The van der Waals surface area contributed by atoms with Crippen molar-refractivity contribution >= 4 is 23.2 Å². The summed E-state index contributed by atoms with van der Waals surface area (Å²) in [6, 6.07) is 16.4. The average Bonchev–Trinajstić information content (AvgIpc) is 3.14. The molecule has 0 bridgehead atoms. The second kappa shape index (κ2) is 8.52. The molecule has 1 atom stereocenters. The molecule has 2 fully saturated rings. The zero-order valence-corrected chi connectivity index (χ0v) is 16.6. The van der Waals surface area contributed by atoms with Gasteiger partial charge in [-0.1, -0.05) is 30.3 Å². The van der Waals surface area contributed by atoms with Gasteiger partial charge >= 0.3 is 0 Å². The molecular weight excluding hydrogens is 384 g/mol. The number of hydrogen-bond acceptors (Lipinski definition) is 5. The second-order valence-corrected chi connectivity index (χ2v) is 7.73. The molecule has 4 rings (SSSR count). The predicted molar refractivity (Wildman–Crippen MR) is 112 cm³/mol. The first-order valence-electron chi connectivity index (χ1n) is 10.1. The Labute approximate surface area is 174 Å². The van der Waals surface area contributed by atoms with Crippen molar-refractivity contribution < 1.29 is 14.5 Å². The highest BCUT2D eigenvalue weighted by atomic mass is 16.6. The van der Waals surface area contributed by atoms with Gasteiger partial charge in [-0.25, -0.2) is 0 Å². The summed E-state index contributed by atoms with van der Waals surface area (Å²) in [6.45, 7) is 3.16. The van der Waals surface area contributed by atoms with Crippen molar-refractivity contribution in [2.75, 3.05) is 44.2 Å². The number of anilines is 1. The monoisotopic (exact) mass is 408 g/mol. The van der Waals surface area contributed by atoms with Gasteiger partial charge in [0.1, 0.15) is 0 Å². The Morgan fingerprint density at radius 3 is 2.30 bits per heavy atom. The van der Waals surface area contributed by atoms with Crippen molar-refractivity contribution in [3.05, 3.63) is 70.3 Å². The number of nitro groups is 1. The lowest BCUT2D eigenvalue weighted by atomic mass is 9.99. The zero-order chi connectivity index (χ0) is 21.1. The van der Waals surface area contributed by atoms with Crippen LogP contribution in [0.25, 0.3) is 0 Å². The summed E-state index contributed by atoms with van der Waals surface area (Å²) >= 11 is 0. The van der Waals surface area contributed by atoms with E-state index >= 15 is 0 Å². The standard InChI is InChI=1S/C22H24N4O4/c27-21-14-18(17-4-2-1-3-5-17)15-25(21)16-22(28)24-12-10-23(11-13-24)19-6-8-20(9-7-19)26(29)30/h1-9,18H,10-16H2/t18-/m0/s1. The van der Waals surface area contributed by atoms with Crippen LogP contribution in [-0.4, -0.2) is 65.8 Å². The summed E-state index contributed by atoms with van der Waals surface area (Å²) in [5, 5.41) is 10.8. The van der Waals surface area contributed by atoms with Gasteiger partial charge in [-0.15, -0.1) is 0 Å². The second-order valence-electron chi connectivity index (χ2n) is 7.73. The molecule has 2 amide bonds. The van der Waals surface area contributed by atoms with E-state index < -0.39 is 4.92 Å². The van der Waals surface area contributed by atoms with Crippen LogP contribution in [-0.2, 0) is 9.59 Å². The van der Waals surface area contributed by atoms with Crippen molar-refractivity contribution in [1.29, 1.82) is 0 Å². The van der Waals surface area contributed by atoms with E-state index in [4.69, 9.17) is 0 Å². The molecule has 0 saturated carbocycles. The van der Waals surface area contributed by atoms with Crippen LogP contribution in [0.1, 0.15) is 17.9 Å². The molecule has 0 aliphatic carbocycles. The number of rotatable bonds is 5. The lowest BCUT2D eigenvalue weighted by Gasteiger charge is -2.36. The number of hydrogen-bond donors (Lipinski definition) is 0. The smallest absolute Gasteiger partial charge is 0.269 e. The van der Waals surface area contributed by atoms with Crippen molar-refractivity contribution in [2.45, 2.75) is 12.3 Å². The van der Waals surface area contributed by atoms with Crippen molar-refractivity contribution in [3.8, 4) is 0 Å². The molecule has 2 saturated heterocycles. The van der Waals surface area contributed by atoms with E-state index in [2.05, 4.69) is 4.90 Å². The highest BCUT2D eigenvalue weighted by molar-refractivity contribution is 5.86. The first kappa shape index (κ1) is 19.9. The summed E-state index contributed by atoms with van der Waals surface area (Å²) in [7, 11) is 0. The first-order chi connectivity index (χ1) is 14.5. The third kappa shape index (κ3) is 4.27. The number of amides is 2. The molecule has 2 aromatic carbocycles. The molecule has 8 heteroatoms. The molecule has 0 spiro atoms. The van der Waals surface area contributed by atoms with Gasteiger partial charge in [0.05, 0.1) is 11.5 Å². The zero-order valence-electron chi connectivity index (χ0n) is 16.6. The molecule has 2 aromatic rings. The van der Waals surface area contributed by atoms with Crippen molar-refractivity contribution in [3.63, 3.8) is 0 Å². The normalized spacial score (nSPS) is 19.3. The largest absolute Gasteiger partial charge is 0.368 e. The topological polar surface area (TPSA) is 87.0 Å². The van der Waals surface area contributed by atoms with E-state index in [0.717, 1.165) is 11.3 Å². The van der Waals surface area contributed by atoms with Crippen LogP contribution in [0.4, 0.5) is 11.4 Å². The van der Waals surface area contributed by atoms with E-state index in [1.54, 1.807) is 21.9 Å². The van der Waals surface area contributed by atoms with Crippen molar-refractivity contribution in [2.24, 2.45) is 0 Å². The molecule has 0 radical (unpaired) electrons. The first-order valence-corrected chi connectivity index (χ1v) is 10.1. The molecule has 8 nitrogen and oxygen atoms in total. The van der Waals surface area contributed by atoms with Crippen LogP contribution in [0, 0.1) is 10.1 Å². The maximum Gasteiger partial charge on any atom is 0.269 e. The minimum absolute atomic E-state index is 0.0274. The van der Waals surface area contributed by atoms with Crippen LogP contribution in [0.3, 0.4) is 0 Å². The lowest BCUT2D eigenvalue weighted by molar-refractivity contribution is -0.384. The Bertz CT molecular complexity index is 924. The van der Waals surface area contributed by atoms with Gasteiger partial charge in [-0.05, 0) is 17.7 Å². The Hall–Kier alpha value is -3.42.